The van der Waals surface area contributed by atoms with Gasteiger partial charge in [-0.3, -0.25) is 0 Å². The summed E-state index contributed by atoms with van der Waals surface area (Å²) in [5, 5.41) is 10.5. The highest BCUT2D eigenvalue weighted by Gasteiger charge is 2.46. The summed E-state index contributed by atoms with van der Waals surface area (Å²) in [7, 11) is 0. The first kappa shape index (κ1) is 14.9. The molecule has 0 spiro atoms. The van der Waals surface area contributed by atoms with Gasteiger partial charge in [0.2, 0.25) is 0 Å². The first-order valence-corrected chi connectivity index (χ1v) is 7.30. The Morgan fingerprint density at radius 3 is 2.70 bits per heavy atom. The predicted octanol–water partition coefficient (Wildman–Crippen LogP) is 2.95. The Kier molecular flexibility index (Phi) is 4.65. The minimum absolute atomic E-state index is 0.143. The van der Waals surface area contributed by atoms with Crippen molar-refractivity contribution >= 4 is 6.09 Å². The Bertz CT molecular complexity index is 448. The van der Waals surface area contributed by atoms with Crippen molar-refractivity contribution in [2.75, 3.05) is 6.54 Å². The van der Waals surface area contributed by atoms with Crippen LogP contribution < -0.4 is 0 Å². The number of amides is 1. The summed E-state index contributed by atoms with van der Waals surface area (Å²) in [6.07, 6.45) is 1.70. The van der Waals surface area contributed by atoms with E-state index >= 15 is 0 Å². The Balaban J connectivity index is 1.96. The van der Waals surface area contributed by atoms with Crippen LogP contribution in [0.4, 0.5) is 4.79 Å². The van der Waals surface area contributed by atoms with Crippen molar-refractivity contribution in [2.45, 2.75) is 51.4 Å². The van der Waals surface area contributed by atoms with Crippen LogP contribution in [0.3, 0.4) is 0 Å². The van der Waals surface area contributed by atoms with Gasteiger partial charge in [0, 0.05) is 6.54 Å². The summed E-state index contributed by atoms with van der Waals surface area (Å²) in [6, 6.07) is 9.48. The molecular formula is C16H23NO3. The van der Waals surface area contributed by atoms with Crippen LogP contribution in [0.15, 0.2) is 30.3 Å². The topological polar surface area (TPSA) is 49.8 Å². The second-order valence-electron chi connectivity index (χ2n) is 5.36. The van der Waals surface area contributed by atoms with Gasteiger partial charge >= 0.3 is 6.09 Å². The maximum Gasteiger partial charge on any atom is 0.410 e. The van der Waals surface area contributed by atoms with Crippen LogP contribution in [0, 0.1) is 0 Å². The average molecular weight is 277 g/mol. The first-order valence-electron chi connectivity index (χ1n) is 7.30. The molecule has 20 heavy (non-hydrogen) atoms. The fourth-order valence-corrected chi connectivity index (χ4v) is 2.96. The molecule has 1 fully saturated rings. The fourth-order valence-electron chi connectivity index (χ4n) is 2.96. The van der Waals surface area contributed by atoms with Crippen molar-refractivity contribution in [2.24, 2.45) is 0 Å². The van der Waals surface area contributed by atoms with Gasteiger partial charge in [0.15, 0.2) is 0 Å². The molecule has 1 aromatic rings. The summed E-state index contributed by atoms with van der Waals surface area (Å²) >= 11 is 0. The van der Waals surface area contributed by atoms with Gasteiger partial charge < -0.3 is 14.7 Å². The second kappa shape index (κ2) is 6.27. The highest BCUT2D eigenvalue weighted by molar-refractivity contribution is 5.68. The minimum Gasteiger partial charge on any atom is -0.445 e. The van der Waals surface area contributed by atoms with Crippen molar-refractivity contribution in [1.29, 1.82) is 0 Å². The van der Waals surface area contributed by atoms with Crippen LogP contribution >= 0.6 is 0 Å². The number of likely N-dealkylation sites (tertiary alicyclic amines) is 1. The quantitative estimate of drug-likeness (QED) is 0.920. The molecule has 0 bridgehead atoms. The van der Waals surface area contributed by atoms with Gasteiger partial charge in [-0.15, -0.1) is 0 Å². The van der Waals surface area contributed by atoms with E-state index in [2.05, 4.69) is 0 Å². The summed E-state index contributed by atoms with van der Waals surface area (Å²) in [5.74, 6) is 0. The molecule has 1 amide bonds. The van der Waals surface area contributed by atoms with Crippen molar-refractivity contribution < 1.29 is 14.6 Å². The SMILES string of the molecule is CC[C@@H]1N(C(=O)OCc2ccccc2)CC[C@@]1(O)CC. The molecule has 1 aliphatic heterocycles. The molecule has 1 saturated heterocycles. The Morgan fingerprint density at radius 1 is 1.40 bits per heavy atom. The monoisotopic (exact) mass is 277 g/mol. The number of carbonyl (C=O) groups is 1. The van der Waals surface area contributed by atoms with E-state index in [4.69, 9.17) is 4.74 Å². The van der Waals surface area contributed by atoms with E-state index in [1.807, 2.05) is 44.2 Å². The van der Waals surface area contributed by atoms with E-state index < -0.39 is 5.60 Å². The lowest BCUT2D eigenvalue weighted by Crippen LogP contribution is -2.46. The van der Waals surface area contributed by atoms with Crippen molar-refractivity contribution in [3.63, 3.8) is 0 Å². The molecule has 0 unspecified atom stereocenters. The predicted molar refractivity (Wildman–Crippen MR) is 77.3 cm³/mol. The number of benzene rings is 1. The molecule has 4 heteroatoms. The zero-order chi connectivity index (χ0) is 14.6. The second-order valence-corrected chi connectivity index (χ2v) is 5.36. The number of hydrogen-bond donors (Lipinski definition) is 1. The standard InChI is InChI=1S/C16H23NO3/c1-3-14-16(19,4-2)10-11-17(14)15(18)20-12-13-8-6-5-7-9-13/h5-9,14,19H,3-4,10-12H2,1-2H3/t14-,16-/m0/s1. The van der Waals surface area contributed by atoms with Crippen LogP contribution in [0.25, 0.3) is 0 Å². The lowest BCUT2D eigenvalue weighted by atomic mass is 9.90. The Labute approximate surface area is 120 Å². The number of carbonyl (C=O) groups excluding carboxylic acids is 1. The highest BCUT2D eigenvalue weighted by atomic mass is 16.6. The van der Waals surface area contributed by atoms with Gasteiger partial charge in [-0.05, 0) is 24.8 Å². The molecule has 1 N–H and O–H groups in total. The van der Waals surface area contributed by atoms with Gasteiger partial charge in [-0.25, -0.2) is 4.79 Å². The maximum atomic E-state index is 12.2. The van der Waals surface area contributed by atoms with Crippen LogP contribution in [0.5, 0.6) is 0 Å². The zero-order valence-corrected chi connectivity index (χ0v) is 12.2. The summed E-state index contributed by atoms with van der Waals surface area (Å²) in [6.45, 7) is 4.79. The molecule has 2 rings (SSSR count). The van der Waals surface area contributed by atoms with E-state index in [-0.39, 0.29) is 18.7 Å². The van der Waals surface area contributed by atoms with Crippen molar-refractivity contribution in [1.82, 2.24) is 4.90 Å². The molecule has 0 aromatic heterocycles. The molecule has 0 aliphatic carbocycles. The third-order valence-corrected chi connectivity index (χ3v) is 4.22. The van der Waals surface area contributed by atoms with E-state index in [0.717, 1.165) is 12.0 Å². The zero-order valence-electron chi connectivity index (χ0n) is 12.2. The van der Waals surface area contributed by atoms with Gasteiger partial charge in [0.05, 0.1) is 11.6 Å². The number of hydrogen-bond acceptors (Lipinski definition) is 3. The number of rotatable bonds is 4. The van der Waals surface area contributed by atoms with Crippen LogP contribution in [0.1, 0.15) is 38.7 Å². The molecule has 1 aromatic carbocycles. The maximum absolute atomic E-state index is 12.2. The minimum atomic E-state index is -0.763. The fraction of sp³-hybridized carbons (Fsp3) is 0.562. The van der Waals surface area contributed by atoms with Gasteiger partial charge in [0.25, 0.3) is 0 Å². The molecule has 1 heterocycles. The average Bonchev–Trinajstić information content (AvgIpc) is 2.83. The lowest BCUT2D eigenvalue weighted by molar-refractivity contribution is -0.00364. The summed E-state index contributed by atoms with van der Waals surface area (Å²) < 4.78 is 5.36. The summed E-state index contributed by atoms with van der Waals surface area (Å²) in [5.41, 5.74) is 0.208. The third kappa shape index (κ3) is 2.96. The number of ether oxygens (including phenoxy) is 1. The molecule has 0 radical (unpaired) electrons. The van der Waals surface area contributed by atoms with Crippen LogP contribution in [-0.4, -0.2) is 34.3 Å². The van der Waals surface area contributed by atoms with Gasteiger partial charge in [0.1, 0.15) is 6.61 Å². The van der Waals surface area contributed by atoms with E-state index in [1.54, 1.807) is 4.90 Å². The third-order valence-electron chi connectivity index (χ3n) is 4.22. The largest absolute Gasteiger partial charge is 0.445 e. The number of aliphatic hydroxyl groups is 1. The first-order chi connectivity index (χ1) is 9.60. The van der Waals surface area contributed by atoms with Crippen molar-refractivity contribution in [3.8, 4) is 0 Å². The molecule has 2 atom stereocenters. The van der Waals surface area contributed by atoms with E-state index in [0.29, 0.717) is 19.4 Å². The highest BCUT2D eigenvalue weighted by Crippen LogP contribution is 2.33. The molecular weight excluding hydrogens is 254 g/mol. The normalized spacial score (nSPS) is 25.8. The molecule has 1 aliphatic rings. The Morgan fingerprint density at radius 2 is 2.10 bits per heavy atom. The molecule has 4 nitrogen and oxygen atoms in total. The summed E-state index contributed by atoms with van der Waals surface area (Å²) in [4.78, 5) is 13.9. The van der Waals surface area contributed by atoms with Crippen molar-refractivity contribution in [3.05, 3.63) is 35.9 Å². The van der Waals surface area contributed by atoms with Gasteiger partial charge in [-0.1, -0.05) is 44.2 Å². The van der Waals surface area contributed by atoms with Gasteiger partial charge in [-0.2, -0.15) is 0 Å². The molecule has 0 saturated carbocycles. The smallest absolute Gasteiger partial charge is 0.410 e. The van der Waals surface area contributed by atoms with E-state index in [1.165, 1.54) is 0 Å². The van der Waals surface area contributed by atoms with Crippen LogP contribution in [-0.2, 0) is 11.3 Å². The number of nitrogens with zero attached hydrogens (tertiary/aromatic N) is 1. The Hall–Kier alpha value is -1.55. The molecule has 110 valence electrons. The van der Waals surface area contributed by atoms with E-state index in [9.17, 15) is 9.90 Å². The lowest BCUT2D eigenvalue weighted by Gasteiger charge is -2.32. The van der Waals surface area contributed by atoms with Crippen LogP contribution in [0.2, 0.25) is 0 Å².